The average Bonchev–Trinajstić information content (AvgIpc) is 2.57. The van der Waals surface area contributed by atoms with E-state index in [0.717, 1.165) is 0 Å². The number of fused-ring (bicyclic) bond motifs is 1. The summed E-state index contributed by atoms with van der Waals surface area (Å²) < 4.78 is 11.1. The number of esters is 1. The van der Waals surface area contributed by atoms with Gasteiger partial charge in [-0.05, 0) is 30.7 Å². The monoisotopic (exact) mass is 366 g/mol. The molecule has 0 saturated carbocycles. The molecule has 1 N–H and O–H groups in total. The minimum Gasteiger partial charge on any atom is -0.481 e. The van der Waals surface area contributed by atoms with Gasteiger partial charge < -0.3 is 14.6 Å². The lowest BCUT2D eigenvalue weighted by atomic mass is 9.75. The average molecular weight is 367 g/mol. The minimum absolute atomic E-state index is 0.343. The highest BCUT2D eigenvalue weighted by molar-refractivity contribution is 6.42. The van der Waals surface area contributed by atoms with Crippen molar-refractivity contribution in [3.63, 3.8) is 0 Å². The fourth-order valence-corrected chi connectivity index (χ4v) is 3.41. The van der Waals surface area contributed by atoms with E-state index in [0.29, 0.717) is 26.9 Å². The summed E-state index contributed by atoms with van der Waals surface area (Å²) in [7, 11) is 1.28. The predicted molar refractivity (Wildman–Crippen MR) is 91.3 cm³/mol. The summed E-state index contributed by atoms with van der Waals surface area (Å²) in [4.78, 5) is 12.4. The molecule has 6 heteroatoms. The maximum absolute atomic E-state index is 12.4. The van der Waals surface area contributed by atoms with Crippen molar-refractivity contribution in [2.45, 2.75) is 18.6 Å². The summed E-state index contributed by atoms with van der Waals surface area (Å²) in [6.07, 6.45) is -1.07. The largest absolute Gasteiger partial charge is 0.481 e. The number of hydrogen-bond donors (Lipinski definition) is 1. The van der Waals surface area contributed by atoms with Crippen LogP contribution in [0.5, 0.6) is 5.75 Å². The van der Waals surface area contributed by atoms with Gasteiger partial charge in [-0.3, -0.25) is 4.79 Å². The van der Waals surface area contributed by atoms with Gasteiger partial charge in [-0.1, -0.05) is 47.5 Å². The molecule has 126 valence electrons. The van der Waals surface area contributed by atoms with Gasteiger partial charge in [0.05, 0.1) is 17.2 Å². The standard InChI is InChI=1S/C18H16Cl2O4/c1-18(10-7-8-12(19)13(20)9-10)15(17(22)23-2)16(21)11-5-3-4-6-14(11)24-18/h3-9,15-16,21H,1-2H3. The van der Waals surface area contributed by atoms with Crippen LogP contribution in [0.2, 0.25) is 10.0 Å². The summed E-state index contributed by atoms with van der Waals surface area (Å²) in [6.45, 7) is 1.73. The lowest BCUT2D eigenvalue weighted by Gasteiger charge is -2.43. The van der Waals surface area contributed by atoms with Gasteiger partial charge >= 0.3 is 5.97 Å². The number of aliphatic hydroxyl groups excluding tert-OH is 1. The fraction of sp³-hybridized carbons (Fsp3) is 0.278. The molecule has 0 radical (unpaired) electrons. The highest BCUT2D eigenvalue weighted by atomic mass is 35.5. The molecule has 3 atom stereocenters. The van der Waals surface area contributed by atoms with Gasteiger partial charge in [-0.2, -0.15) is 0 Å². The molecular weight excluding hydrogens is 351 g/mol. The van der Waals surface area contributed by atoms with Crippen molar-refractivity contribution >= 4 is 29.2 Å². The molecule has 0 spiro atoms. The smallest absolute Gasteiger partial charge is 0.316 e. The lowest BCUT2D eigenvalue weighted by molar-refractivity contribution is -0.165. The van der Waals surface area contributed by atoms with E-state index in [4.69, 9.17) is 32.7 Å². The molecule has 4 nitrogen and oxygen atoms in total. The molecule has 0 aromatic heterocycles. The van der Waals surface area contributed by atoms with Gasteiger partial charge in [0.2, 0.25) is 0 Å². The summed E-state index contributed by atoms with van der Waals surface area (Å²) in [5.74, 6) is -1.00. The highest BCUT2D eigenvalue weighted by Crippen LogP contribution is 2.49. The second-order valence-electron chi connectivity index (χ2n) is 5.82. The van der Waals surface area contributed by atoms with Crippen LogP contribution >= 0.6 is 23.2 Å². The molecule has 3 unspecified atom stereocenters. The third-order valence-electron chi connectivity index (χ3n) is 4.42. The Balaban J connectivity index is 2.19. The number of carbonyl (C=O) groups is 1. The quantitative estimate of drug-likeness (QED) is 0.812. The van der Waals surface area contributed by atoms with Gasteiger partial charge in [0, 0.05) is 5.56 Å². The number of rotatable bonds is 2. The maximum atomic E-state index is 12.4. The van der Waals surface area contributed by atoms with E-state index in [1.165, 1.54) is 7.11 Å². The summed E-state index contributed by atoms with van der Waals surface area (Å²) in [5.41, 5.74) is 0.0148. The predicted octanol–water partition coefficient (Wildman–Crippen LogP) is 4.12. The third-order valence-corrected chi connectivity index (χ3v) is 5.16. The van der Waals surface area contributed by atoms with E-state index >= 15 is 0 Å². The van der Waals surface area contributed by atoms with Gasteiger partial charge in [-0.25, -0.2) is 0 Å². The minimum atomic E-state index is -1.16. The molecule has 0 fully saturated rings. The number of hydrogen-bond acceptors (Lipinski definition) is 4. The molecule has 2 aromatic carbocycles. The highest BCUT2D eigenvalue weighted by Gasteiger charge is 2.52. The Morgan fingerprint density at radius 1 is 1.21 bits per heavy atom. The number of carbonyl (C=O) groups excluding carboxylic acids is 1. The van der Waals surface area contributed by atoms with Crippen molar-refractivity contribution in [3.05, 3.63) is 63.6 Å². The molecule has 0 saturated heterocycles. The van der Waals surface area contributed by atoms with Crippen LogP contribution < -0.4 is 4.74 Å². The van der Waals surface area contributed by atoms with Gasteiger partial charge in [-0.15, -0.1) is 0 Å². The Kier molecular flexibility index (Phi) is 4.47. The molecule has 3 rings (SSSR count). The second-order valence-corrected chi connectivity index (χ2v) is 6.64. The molecule has 0 aliphatic carbocycles. The van der Waals surface area contributed by atoms with Crippen LogP contribution in [0.1, 0.15) is 24.2 Å². The molecular formula is C18H16Cl2O4. The first kappa shape index (κ1) is 17.1. The van der Waals surface area contributed by atoms with Crippen molar-refractivity contribution in [1.29, 1.82) is 0 Å². The van der Waals surface area contributed by atoms with E-state index in [9.17, 15) is 9.90 Å². The number of ether oxygens (including phenoxy) is 2. The fourth-order valence-electron chi connectivity index (χ4n) is 3.11. The van der Waals surface area contributed by atoms with Crippen LogP contribution in [0, 0.1) is 5.92 Å². The summed E-state index contributed by atoms with van der Waals surface area (Å²) in [6, 6.07) is 12.1. The molecule has 1 heterocycles. The van der Waals surface area contributed by atoms with E-state index in [-0.39, 0.29) is 0 Å². The molecule has 0 bridgehead atoms. The summed E-state index contributed by atoms with van der Waals surface area (Å²) in [5, 5.41) is 11.5. The van der Waals surface area contributed by atoms with Crippen LogP contribution in [0.15, 0.2) is 42.5 Å². The first-order valence-electron chi connectivity index (χ1n) is 7.38. The van der Waals surface area contributed by atoms with E-state index in [2.05, 4.69) is 0 Å². The number of aliphatic hydroxyl groups is 1. The van der Waals surface area contributed by atoms with Crippen LogP contribution in [0.4, 0.5) is 0 Å². The molecule has 0 amide bonds. The van der Waals surface area contributed by atoms with E-state index in [1.54, 1.807) is 49.4 Å². The third kappa shape index (κ3) is 2.65. The van der Waals surface area contributed by atoms with Gasteiger partial charge in [0.1, 0.15) is 23.4 Å². The van der Waals surface area contributed by atoms with Crippen molar-refractivity contribution in [2.75, 3.05) is 7.11 Å². The zero-order valence-electron chi connectivity index (χ0n) is 13.1. The normalized spacial score (nSPS) is 25.5. The van der Waals surface area contributed by atoms with Crippen molar-refractivity contribution < 1.29 is 19.4 Å². The number of benzene rings is 2. The Hall–Kier alpha value is -1.75. The Bertz CT molecular complexity index is 792. The molecule has 2 aromatic rings. The first-order valence-corrected chi connectivity index (χ1v) is 8.13. The second kappa shape index (κ2) is 6.28. The number of methoxy groups -OCH3 is 1. The number of para-hydroxylation sites is 1. The zero-order chi connectivity index (χ0) is 17.5. The maximum Gasteiger partial charge on any atom is 0.316 e. The Labute approximate surface area is 149 Å². The van der Waals surface area contributed by atoms with Crippen LogP contribution in [0.3, 0.4) is 0 Å². The van der Waals surface area contributed by atoms with Crippen LogP contribution in [0.25, 0.3) is 0 Å². The first-order chi connectivity index (χ1) is 11.4. The van der Waals surface area contributed by atoms with Crippen molar-refractivity contribution in [1.82, 2.24) is 0 Å². The van der Waals surface area contributed by atoms with E-state index in [1.807, 2.05) is 0 Å². The van der Waals surface area contributed by atoms with Gasteiger partial charge in [0.15, 0.2) is 0 Å². The SMILES string of the molecule is COC(=O)C1C(O)c2ccccc2OC1(C)c1ccc(Cl)c(Cl)c1. The Morgan fingerprint density at radius 3 is 2.58 bits per heavy atom. The molecule has 1 aliphatic heterocycles. The van der Waals surface area contributed by atoms with Crippen LogP contribution in [-0.2, 0) is 15.1 Å². The zero-order valence-corrected chi connectivity index (χ0v) is 14.6. The summed E-state index contributed by atoms with van der Waals surface area (Å²) >= 11 is 12.1. The lowest BCUT2D eigenvalue weighted by Crippen LogP contribution is -2.48. The number of halogens is 2. The van der Waals surface area contributed by atoms with Gasteiger partial charge in [0.25, 0.3) is 0 Å². The molecule has 1 aliphatic rings. The van der Waals surface area contributed by atoms with E-state index < -0.39 is 23.6 Å². The van der Waals surface area contributed by atoms with Crippen molar-refractivity contribution in [3.8, 4) is 5.75 Å². The van der Waals surface area contributed by atoms with Crippen molar-refractivity contribution in [2.24, 2.45) is 5.92 Å². The Morgan fingerprint density at radius 2 is 1.92 bits per heavy atom. The van der Waals surface area contributed by atoms with Crippen LogP contribution in [-0.4, -0.2) is 18.2 Å². The molecule has 24 heavy (non-hydrogen) atoms. The topological polar surface area (TPSA) is 55.8 Å².